The van der Waals surface area contributed by atoms with E-state index >= 15 is 0 Å². The molecule has 2 N–H and O–H groups in total. The van der Waals surface area contributed by atoms with E-state index in [9.17, 15) is 4.79 Å². The monoisotopic (exact) mass is 296 g/mol. The van der Waals surface area contributed by atoms with Crippen molar-refractivity contribution in [3.63, 3.8) is 0 Å². The topological polar surface area (TPSA) is 58.0 Å². The van der Waals surface area contributed by atoms with Gasteiger partial charge in [-0.1, -0.05) is 6.07 Å². The van der Waals surface area contributed by atoms with Gasteiger partial charge in [-0.15, -0.1) is 0 Å². The zero-order chi connectivity index (χ0) is 15.5. The number of carbonyl (C=O) groups excluding carboxylic acids is 1. The van der Waals surface area contributed by atoms with Crippen molar-refractivity contribution < 1.29 is 9.21 Å². The van der Waals surface area contributed by atoms with Crippen LogP contribution in [0.1, 0.15) is 33.8 Å². The van der Waals surface area contributed by atoms with Gasteiger partial charge in [0, 0.05) is 35.1 Å². The number of carbonyl (C=O) groups is 1. The molecule has 2 heterocycles. The average Bonchev–Trinajstić information content (AvgIpc) is 3.12. The molecule has 114 valence electrons. The predicted octanol–water partition coefficient (Wildman–Crippen LogP) is 3.74. The van der Waals surface area contributed by atoms with Crippen LogP contribution in [0, 0.1) is 13.8 Å². The van der Waals surface area contributed by atoms with Crippen LogP contribution in [0.2, 0.25) is 0 Å². The van der Waals surface area contributed by atoms with Crippen LogP contribution < -0.4 is 5.32 Å². The van der Waals surface area contributed by atoms with Crippen molar-refractivity contribution in [3.8, 4) is 0 Å². The molecule has 0 radical (unpaired) electrons. The Morgan fingerprint density at radius 1 is 1.27 bits per heavy atom. The van der Waals surface area contributed by atoms with Crippen molar-refractivity contribution in [1.82, 2.24) is 10.3 Å². The van der Waals surface area contributed by atoms with Crippen LogP contribution in [-0.4, -0.2) is 17.4 Å². The SMILES string of the molecule is Cc1[nH]c2cc(C(=O)NCCCc3ccco3)ccc2c1C. The third-order valence-corrected chi connectivity index (χ3v) is 4.04. The minimum atomic E-state index is -0.0359. The summed E-state index contributed by atoms with van der Waals surface area (Å²) in [5.74, 6) is 0.916. The third kappa shape index (κ3) is 2.91. The van der Waals surface area contributed by atoms with Gasteiger partial charge in [0.2, 0.25) is 0 Å². The zero-order valence-corrected chi connectivity index (χ0v) is 12.9. The van der Waals surface area contributed by atoms with Crippen molar-refractivity contribution in [1.29, 1.82) is 0 Å². The molecule has 0 fully saturated rings. The van der Waals surface area contributed by atoms with Gasteiger partial charge in [-0.2, -0.15) is 0 Å². The van der Waals surface area contributed by atoms with E-state index < -0.39 is 0 Å². The van der Waals surface area contributed by atoms with Crippen LogP contribution in [0.25, 0.3) is 10.9 Å². The number of rotatable bonds is 5. The highest BCUT2D eigenvalue weighted by atomic mass is 16.3. The molecule has 2 aromatic heterocycles. The Morgan fingerprint density at radius 2 is 2.14 bits per heavy atom. The van der Waals surface area contributed by atoms with Crippen LogP contribution in [0.5, 0.6) is 0 Å². The zero-order valence-electron chi connectivity index (χ0n) is 12.9. The molecule has 1 amide bonds. The highest BCUT2D eigenvalue weighted by Gasteiger charge is 2.09. The fraction of sp³-hybridized carbons (Fsp3) is 0.278. The maximum atomic E-state index is 12.2. The molecule has 22 heavy (non-hydrogen) atoms. The molecule has 0 saturated heterocycles. The van der Waals surface area contributed by atoms with Crippen molar-refractivity contribution in [2.45, 2.75) is 26.7 Å². The van der Waals surface area contributed by atoms with E-state index in [0.29, 0.717) is 12.1 Å². The van der Waals surface area contributed by atoms with Gasteiger partial charge >= 0.3 is 0 Å². The van der Waals surface area contributed by atoms with E-state index in [0.717, 1.165) is 29.8 Å². The number of aromatic nitrogens is 1. The summed E-state index contributed by atoms with van der Waals surface area (Å²) < 4.78 is 5.27. The number of amides is 1. The quantitative estimate of drug-likeness (QED) is 0.705. The lowest BCUT2D eigenvalue weighted by Gasteiger charge is -2.05. The second-order valence-corrected chi connectivity index (χ2v) is 5.57. The van der Waals surface area contributed by atoms with Gasteiger partial charge in [-0.05, 0) is 50.1 Å². The van der Waals surface area contributed by atoms with Crippen molar-refractivity contribution in [3.05, 3.63) is 59.2 Å². The molecule has 4 nitrogen and oxygen atoms in total. The van der Waals surface area contributed by atoms with E-state index in [-0.39, 0.29) is 5.91 Å². The summed E-state index contributed by atoms with van der Waals surface area (Å²) in [6, 6.07) is 9.63. The van der Waals surface area contributed by atoms with E-state index in [1.54, 1.807) is 6.26 Å². The number of H-pyrrole nitrogens is 1. The Kier molecular flexibility index (Phi) is 4.00. The first-order valence-corrected chi connectivity index (χ1v) is 7.54. The smallest absolute Gasteiger partial charge is 0.251 e. The summed E-state index contributed by atoms with van der Waals surface area (Å²) in [5.41, 5.74) is 4.08. The van der Waals surface area contributed by atoms with Gasteiger partial charge < -0.3 is 14.7 Å². The number of fused-ring (bicyclic) bond motifs is 1. The second-order valence-electron chi connectivity index (χ2n) is 5.57. The van der Waals surface area contributed by atoms with Crippen LogP contribution in [0.4, 0.5) is 0 Å². The molecule has 0 aliphatic rings. The molecule has 0 spiro atoms. The first kappa shape index (κ1) is 14.4. The Hall–Kier alpha value is -2.49. The summed E-state index contributed by atoms with van der Waals surface area (Å²) in [7, 11) is 0. The number of nitrogens with one attached hydrogen (secondary N) is 2. The largest absolute Gasteiger partial charge is 0.469 e. The Balaban J connectivity index is 1.60. The Morgan fingerprint density at radius 3 is 2.91 bits per heavy atom. The highest BCUT2D eigenvalue weighted by Crippen LogP contribution is 2.22. The molecular weight excluding hydrogens is 276 g/mol. The van der Waals surface area contributed by atoms with Gasteiger partial charge in [0.05, 0.1) is 6.26 Å². The maximum absolute atomic E-state index is 12.2. The van der Waals surface area contributed by atoms with Crippen LogP contribution in [-0.2, 0) is 6.42 Å². The fourth-order valence-corrected chi connectivity index (χ4v) is 2.64. The number of aromatic amines is 1. The first-order chi connectivity index (χ1) is 10.6. The summed E-state index contributed by atoms with van der Waals surface area (Å²) in [5, 5.41) is 4.13. The molecule has 0 unspecified atom stereocenters. The molecule has 0 bridgehead atoms. The number of aryl methyl sites for hydroxylation is 3. The maximum Gasteiger partial charge on any atom is 0.251 e. The van der Waals surface area contributed by atoms with E-state index in [4.69, 9.17) is 4.42 Å². The lowest BCUT2D eigenvalue weighted by atomic mass is 10.1. The average molecular weight is 296 g/mol. The lowest BCUT2D eigenvalue weighted by Crippen LogP contribution is -2.24. The third-order valence-electron chi connectivity index (χ3n) is 4.04. The summed E-state index contributed by atoms with van der Waals surface area (Å²) in [6.07, 6.45) is 3.37. The van der Waals surface area contributed by atoms with Crippen LogP contribution in [0.3, 0.4) is 0 Å². The Labute approximate surface area is 129 Å². The molecular formula is C18H20N2O2. The van der Waals surface area contributed by atoms with E-state index in [1.807, 2.05) is 37.3 Å². The standard InChI is InChI=1S/C18H20N2O2/c1-12-13(2)20-17-11-14(7-8-16(12)17)18(21)19-9-3-5-15-6-4-10-22-15/h4,6-8,10-11,20H,3,5,9H2,1-2H3,(H,19,21). The van der Waals surface area contributed by atoms with Gasteiger partial charge in [0.15, 0.2) is 0 Å². The van der Waals surface area contributed by atoms with Gasteiger partial charge in [-0.25, -0.2) is 0 Å². The number of benzene rings is 1. The number of hydrogen-bond acceptors (Lipinski definition) is 2. The predicted molar refractivity (Wildman–Crippen MR) is 87.1 cm³/mol. The number of hydrogen-bond donors (Lipinski definition) is 2. The molecule has 1 aromatic carbocycles. The fourth-order valence-electron chi connectivity index (χ4n) is 2.64. The van der Waals surface area contributed by atoms with Crippen LogP contribution >= 0.6 is 0 Å². The Bertz CT molecular complexity index is 785. The molecule has 0 saturated carbocycles. The van der Waals surface area contributed by atoms with Gasteiger partial charge in [0.25, 0.3) is 5.91 Å². The summed E-state index contributed by atoms with van der Waals surface area (Å²) in [4.78, 5) is 15.5. The minimum absolute atomic E-state index is 0.0359. The molecule has 3 aromatic rings. The van der Waals surface area contributed by atoms with E-state index in [1.165, 1.54) is 10.9 Å². The van der Waals surface area contributed by atoms with E-state index in [2.05, 4.69) is 17.2 Å². The first-order valence-electron chi connectivity index (χ1n) is 7.54. The molecule has 0 aliphatic heterocycles. The summed E-state index contributed by atoms with van der Waals surface area (Å²) in [6.45, 7) is 4.77. The van der Waals surface area contributed by atoms with Crippen molar-refractivity contribution >= 4 is 16.8 Å². The van der Waals surface area contributed by atoms with Gasteiger partial charge in [-0.3, -0.25) is 4.79 Å². The molecule has 0 aliphatic carbocycles. The second kappa shape index (κ2) is 6.10. The highest BCUT2D eigenvalue weighted by molar-refractivity contribution is 5.98. The normalized spacial score (nSPS) is 11.0. The molecule has 4 heteroatoms. The minimum Gasteiger partial charge on any atom is -0.469 e. The van der Waals surface area contributed by atoms with Crippen molar-refractivity contribution in [2.24, 2.45) is 0 Å². The van der Waals surface area contributed by atoms with Gasteiger partial charge in [0.1, 0.15) is 5.76 Å². The summed E-state index contributed by atoms with van der Waals surface area (Å²) >= 11 is 0. The van der Waals surface area contributed by atoms with Crippen molar-refractivity contribution in [2.75, 3.05) is 6.54 Å². The number of furan rings is 1. The molecule has 3 rings (SSSR count). The van der Waals surface area contributed by atoms with Crippen LogP contribution in [0.15, 0.2) is 41.0 Å². The lowest BCUT2D eigenvalue weighted by molar-refractivity contribution is 0.0953. The molecule has 0 atom stereocenters.